The number of nitrogens with zero attached hydrogens (tertiary/aromatic N) is 1. The summed E-state index contributed by atoms with van der Waals surface area (Å²) in [6, 6.07) is 2.17. The van der Waals surface area contributed by atoms with E-state index >= 15 is 0 Å². The monoisotopic (exact) mass is 233 g/mol. The van der Waals surface area contributed by atoms with Gasteiger partial charge in [-0.05, 0) is 24.8 Å². The average molecular weight is 233 g/mol. The second-order valence-electron chi connectivity index (χ2n) is 5.34. The first-order valence-corrected chi connectivity index (χ1v) is 5.89. The second-order valence-corrected chi connectivity index (χ2v) is 5.34. The lowest BCUT2D eigenvalue weighted by molar-refractivity contribution is 0.0947. The normalized spacial score (nSPS) is 20.8. The minimum absolute atomic E-state index is 0.0441. The molecule has 1 aliphatic rings. The summed E-state index contributed by atoms with van der Waals surface area (Å²) < 4.78 is 0. The fourth-order valence-corrected chi connectivity index (χ4v) is 1.90. The van der Waals surface area contributed by atoms with E-state index in [2.05, 4.69) is 29.5 Å². The second kappa shape index (κ2) is 4.02. The van der Waals surface area contributed by atoms with Crippen molar-refractivity contribution in [3.8, 4) is 0 Å². The van der Waals surface area contributed by atoms with Crippen LogP contribution in [-0.4, -0.2) is 24.0 Å². The summed E-state index contributed by atoms with van der Waals surface area (Å²) in [7, 11) is 1.81. The Bertz CT molecular complexity index is 454. The smallest absolute Gasteiger partial charge is 0.255 e. The van der Waals surface area contributed by atoms with Crippen LogP contribution in [0, 0.1) is 12.3 Å². The van der Waals surface area contributed by atoms with Crippen LogP contribution in [0.4, 0.5) is 5.69 Å². The van der Waals surface area contributed by atoms with Gasteiger partial charge in [-0.15, -0.1) is 0 Å². The Labute approximate surface area is 102 Å². The summed E-state index contributed by atoms with van der Waals surface area (Å²) in [5.41, 5.74) is 2.58. The Morgan fingerprint density at radius 1 is 1.53 bits per heavy atom. The number of pyridine rings is 1. The molecule has 1 heterocycles. The Morgan fingerprint density at radius 2 is 2.18 bits per heavy atom. The fraction of sp³-hybridized carbons (Fsp3) is 0.538. The van der Waals surface area contributed by atoms with Crippen LogP contribution in [0.5, 0.6) is 0 Å². The lowest BCUT2D eigenvalue weighted by atomic mass is 10.1. The fourth-order valence-electron chi connectivity index (χ4n) is 1.90. The third kappa shape index (κ3) is 2.40. The van der Waals surface area contributed by atoms with E-state index in [1.54, 1.807) is 6.20 Å². The van der Waals surface area contributed by atoms with Crippen molar-refractivity contribution in [1.29, 1.82) is 0 Å². The van der Waals surface area contributed by atoms with E-state index < -0.39 is 0 Å². The molecule has 0 spiro atoms. The van der Waals surface area contributed by atoms with Crippen molar-refractivity contribution in [1.82, 2.24) is 10.3 Å². The molecule has 1 atom stereocenters. The van der Waals surface area contributed by atoms with E-state index in [0.717, 1.165) is 17.8 Å². The molecule has 2 N–H and O–H groups in total. The van der Waals surface area contributed by atoms with Gasteiger partial charge in [0.05, 0.1) is 11.3 Å². The number of nitrogens with one attached hydrogen (secondary N) is 2. The first-order valence-electron chi connectivity index (χ1n) is 5.89. The zero-order chi connectivity index (χ0) is 12.6. The van der Waals surface area contributed by atoms with Crippen LogP contribution in [-0.2, 0) is 0 Å². The van der Waals surface area contributed by atoms with E-state index in [4.69, 9.17) is 0 Å². The third-order valence-corrected chi connectivity index (χ3v) is 3.37. The maximum absolute atomic E-state index is 12.1. The maximum atomic E-state index is 12.1. The molecule has 1 fully saturated rings. The van der Waals surface area contributed by atoms with Crippen molar-refractivity contribution in [2.75, 3.05) is 12.4 Å². The molecule has 2 rings (SSSR count). The predicted molar refractivity (Wildman–Crippen MR) is 68.2 cm³/mol. The van der Waals surface area contributed by atoms with Crippen LogP contribution in [0.2, 0.25) is 0 Å². The Balaban J connectivity index is 2.14. The lowest BCUT2D eigenvalue weighted by Crippen LogP contribution is -2.29. The highest BCUT2D eigenvalue weighted by molar-refractivity contribution is 5.99. The SMILES string of the molecule is CNc1cc(C)ncc1C(=O)NC1CC1(C)C. The molecular weight excluding hydrogens is 214 g/mol. The zero-order valence-electron chi connectivity index (χ0n) is 10.8. The molecule has 0 aliphatic heterocycles. The van der Waals surface area contributed by atoms with Crippen molar-refractivity contribution in [3.63, 3.8) is 0 Å². The molecule has 1 unspecified atom stereocenters. The number of rotatable bonds is 3. The van der Waals surface area contributed by atoms with Gasteiger partial charge in [0.15, 0.2) is 0 Å². The summed E-state index contributed by atoms with van der Waals surface area (Å²) in [5, 5.41) is 6.07. The van der Waals surface area contributed by atoms with Gasteiger partial charge in [-0.3, -0.25) is 9.78 Å². The van der Waals surface area contributed by atoms with Gasteiger partial charge < -0.3 is 10.6 Å². The standard InChI is InChI=1S/C13H19N3O/c1-8-5-10(14-4)9(7-15-8)12(17)16-11-6-13(11,2)3/h5,7,11H,6H2,1-4H3,(H,14,15)(H,16,17). The highest BCUT2D eigenvalue weighted by atomic mass is 16.1. The third-order valence-electron chi connectivity index (χ3n) is 3.37. The molecule has 92 valence electrons. The van der Waals surface area contributed by atoms with Crippen molar-refractivity contribution in [3.05, 3.63) is 23.5 Å². The van der Waals surface area contributed by atoms with Gasteiger partial charge in [0.25, 0.3) is 5.91 Å². The van der Waals surface area contributed by atoms with E-state index in [9.17, 15) is 4.79 Å². The summed E-state index contributed by atoms with van der Waals surface area (Å²) in [6.07, 6.45) is 2.68. The number of anilines is 1. The molecule has 17 heavy (non-hydrogen) atoms. The zero-order valence-corrected chi connectivity index (χ0v) is 10.8. The molecule has 1 aliphatic carbocycles. The summed E-state index contributed by atoms with van der Waals surface area (Å²) >= 11 is 0. The minimum Gasteiger partial charge on any atom is -0.387 e. The number of aryl methyl sites for hydroxylation is 1. The Kier molecular flexibility index (Phi) is 2.81. The van der Waals surface area contributed by atoms with Crippen molar-refractivity contribution >= 4 is 11.6 Å². The van der Waals surface area contributed by atoms with Crippen LogP contribution >= 0.6 is 0 Å². The predicted octanol–water partition coefficient (Wildman–Crippen LogP) is 1.96. The van der Waals surface area contributed by atoms with Crippen molar-refractivity contribution in [2.24, 2.45) is 5.41 Å². The van der Waals surface area contributed by atoms with Crippen molar-refractivity contribution in [2.45, 2.75) is 33.2 Å². The van der Waals surface area contributed by atoms with Crippen molar-refractivity contribution < 1.29 is 4.79 Å². The topological polar surface area (TPSA) is 54.0 Å². The number of hydrogen-bond acceptors (Lipinski definition) is 3. The largest absolute Gasteiger partial charge is 0.387 e. The molecule has 1 saturated carbocycles. The van der Waals surface area contributed by atoms with Gasteiger partial charge in [0, 0.05) is 25.0 Å². The molecule has 0 saturated heterocycles. The first kappa shape index (κ1) is 11.9. The Morgan fingerprint density at radius 3 is 2.71 bits per heavy atom. The quantitative estimate of drug-likeness (QED) is 0.839. The highest BCUT2D eigenvalue weighted by Crippen LogP contribution is 2.44. The molecule has 0 bridgehead atoms. The Hall–Kier alpha value is -1.58. The van der Waals surface area contributed by atoms with Crippen LogP contribution in [0.15, 0.2) is 12.3 Å². The van der Waals surface area contributed by atoms with E-state index in [0.29, 0.717) is 11.6 Å². The van der Waals surface area contributed by atoms with Crippen LogP contribution in [0.3, 0.4) is 0 Å². The molecule has 0 aromatic carbocycles. The van der Waals surface area contributed by atoms with E-state index in [-0.39, 0.29) is 11.3 Å². The summed E-state index contributed by atoms with van der Waals surface area (Å²) in [6.45, 7) is 6.22. The molecule has 4 heteroatoms. The highest BCUT2D eigenvalue weighted by Gasteiger charge is 2.46. The number of aromatic nitrogens is 1. The van der Waals surface area contributed by atoms with Gasteiger partial charge in [-0.2, -0.15) is 0 Å². The molecule has 4 nitrogen and oxygen atoms in total. The lowest BCUT2D eigenvalue weighted by Gasteiger charge is -2.11. The van der Waals surface area contributed by atoms with Crippen LogP contribution in [0.1, 0.15) is 36.3 Å². The van der Waals surface area contributed by atoms with Gasteiger partial charge in [-0.25, -0.2) is 0 Å². The van der Waals surface area contributed by atoms with Gasteiger partial charge in [0.2, 0.25) is 0 Å². The number of hydrogen-bond donors (Lipinski definition) is 2. The summed E-state index contributed by atoms with van der Waals surface area (Å²) in [5.74, 6) is -0.0441. The average Bonchev–Trinajstić information content (AvgIpc) is 2.85. The number of amides is 1. The van der Waals surface area contributed by atoms with Crippen LogP contribution in [0.25, 0.3) is 0 Å². The summed E-state index contributed by atoms with van der Waals surface area (Å²) in [4.78, 5) is 16.3. The number of carbonyl (C=O) groups is 1. The molecule has 0 radical (unpaired) electrons. The molecular formula is C13H19N3O. The minimum atomic E-state index is -0.0441. The van der Waals surface area contributed by atoms with Gasteiger partial charge >= 0.3 is 0 Å². The van der Waals surface area contributed by atoms with E-state index in [1.807, 2.05) is 20.0 Å². The van der Waals surface area contributed by atoms with Gasteiger partial charge in [0.1, 0.15) is 0 Å². The molecule has 1 amide bonds. The molecule has 1 aromatic heterocycles. The van der Waals surface area contributed by atoms with Gasteiger partial charge in [-0.1, -0.05) is 13.8 Å². The number of carbonyl (C=O) groups excluding carboxylic acids is 1. The van der Waals surface area contributed by atoms with Crippen LogP contribution < -0.4 is 10.6 Å². The van der Waals surface area contributed by atoms with E-state index in [1.165, 1.54) is 0 Å². The first-order chi connectivity index (χ1) is 7.94. The maximum Gasteiger partial charge on any atom is 0.255 e. The molecule has 1 aromatic rings.